The van der Waals surface area contributed by atoms with Crippen molar-refractivity contribution < 1.29 is 4.42 Å². The number of thioether (sulfide) groups is 1. The molecule has 5 heteroatoms. The summed E-state index contributed by atoms with van der Waals surface area (Å²) in [6.45, 7) is 1.00. The summed E-state index contributed by atoms with van der Waals surface area (Å²) < 4.78 is 7.65. The number of aromatic nitrogens is 3. The molecule has 0 N–H and O–H groups in total. The van der Waals surface area contributed by atoms with Crippen LogP contribution in [-0.4, -0.2) is 20.5 Å². The van der Waals surface area contributed by atoms with Crippen LogP contribution in [0.3, 0.4) is 0 Å². The van der Waals surface area contributed by atoms with Crippen molar-refractivity contribution in [3.8, 4) is 0 Å². The number of fused-ring (bicyclic) bond motifs is 1. The summed E-state index contributed by atoms with van der Waals surface area (Å²) in [7, 11) is 0. The van der Waals surface area contributed by atoms with Crippen LogP contribution in [0.1, 0.15) is 19.3 Å². The Morgan fingerprint density at radius 3 is 2.90 bits per heavy atom. The lowest BCUT2D eigenvalue weighted by Gasteiger charge is -2.00. The van der Waals surface area contributed by atoms with Crippen LogP contribution in [0.5, 0.6) is 0 Å². The molecule has 2 heterocycles. The molecule has 1 aromatic carbocycles. The topological polar surface area (TPSA) is 43.9 Å². The molecule has 0 aliphatic carbocycles. The van der Waals surface area contributed by atoms with Gasteiger partial charge in [-0.2, -0.15) is 5.10 Å². The van der Waals surface area contributed by atoms with Gasteiger partial charge in [-0.25, -0.2) is 4.98 Å². The van der Waals surface area contributed by atoms with E-state index >= 15 is 0 Å². The third-order valence-corrected chi connectivity index (χ3v) is 4.00. The lowest BCUT2D eigenvalue weighted by molar-refractivity contribution is 0.489. The van der Waals surface area contributed by atoms with Gasteiger partial charge >= 0.3 is 0 Å². The molecule has 0 unspecified atom stereocenters. The first-order valence-corrected chi connectivity index (χ1v) is 7.86. The van der Waals surface area contributed by atoms with Gasteiger partial charge in [-0.3, -0.25) is 4.68 Å². The van der Waals surface area contributed by atoms with E-state index in [1.165, 1.54) is 12.8 Å². The third kappa shape index (κ3) is 3.42. The van der Waals surface area contributed by atoms with Crippen LogP contribution in [0.2, 0.25) is 0 Å². The van der Waals surface area contributed by atoms with Crippen molar-refractivity contribution in [3.63, 3.8) is 0 Å². The highest BCUT2D eigenvalue weighted by Crippen LogP contribution is 2.23. The van der Waals surface area contributed by atoms with Crippen LogP contribution in [0.15, 0.2) is 52.4 Å². The Bertz CT molecular complexity index is 615. The smallest absolute Gasteiger partial charge is 0.256 e. The van der Waals surface area contributed by atoms with Gasteiger partial charge in [0.25, 0.3) is 5.22 Å². The molecule has 3 rings (SSSR count). The van der Waals surface area contributed by atoms with Crippen molar-refractivity contribution in [2.45, 2.75) is 31.0 Å². The molecule has 104 valence electrons. The maximum Gasteiger partial charge on any atom is 0.256 e. The predicted octanol–water partition coefficient (Wildman–Crippen LogP) is 3.99. The van der Waals surface area contributed by atoms with Crippen LogP contribution in [0.25, 0.3) is 11.1 Å². The summed E-state index contributed by atoms with van der Waals surface area (Å²) in [4.78, 5) is 4.45. The second-order valence-electron chi connectivity index (χ2n) is 4.63. The first-order valence-electron chi connectivity index (χ1n) is 6.87. The number of benzene rings is 1. The zero-order chi connectivity index (χ0) is 13.6. The van der Waals surface area contributed by atoms with Crippen molar-refractivity contribution in [2.75, 3.05) is 5.75 Å². The molecule has 3 aromatic rings. The van der Waals surface area contributed by atoms with Gasteiger partial charge in [-0.15, -0.1) is 0 Å². The molecule has 0 bridgehead atoms. The average molecular weight is 287 g/mol. The zero-order valence-corrected chi connectivity index (χ0v) is 12.1. The summed E-state index contributed by atoms with van der Waals surface area (Å²) in [5.74, 6) is 1.05. The Balaban J connectivity index is 1.37. The molecule has 0 fully saturated rings. The van der Waals surface area contributed by atoms with Crippen LogP contribution in [0.4, 0.5) is 0 Å². The largest absolute Gasteiger partial charge is 0.431 e. The highest BCUT2D eigenvalue weighted by Gasteiger charge is 2.04. The van der Waals surface area contributed by atoms with Crippen molar-refractivity contribution in [2.24, 2.45) is 0 Å². The fourth-order valence-electron chi connectivity index (χ4n) is 2.06. The van der Waals surface area contributed by atoms with Crippen molar-refractivity contribution in [1.82, 2.24) is 14.8 Å². The van der Waals surface area contributed by atoms with Gasteiger partial charge in [0, 0.05) is 24.7 Å². The zero-order valence-electron chi connectivity index (χ0n) is 11.2. The lowest BCUT2D eigenvalue weighted by Crippen LogP contribution is -1.98. The Morgan fingerprint density at radius 2 is 2.05 bits per heavy atom. The number of hydrogen-bond donors (Lipinski definition) is 0. The number of nitrogens with zero attached hydrogens (tertiary/aromatic N) is 3. The molecule has 0 spiro atoms. The summed E-state index contributed by atoms with van der Waals surface area (Å²) in [5, 5.41) is 4.97. The fourth-order valence-corrected chi connectivity index (χ4v) is 2.89. The lowest BCUT2D eigenvalue weighted by atomic mass is 10.2. The maximum absolute atomic E-state index is 5.67. The minimum absolute atomic E-state index is 0.776. The number of unbranched alkanes of at least 4 members (excludes halogenated alkanes) is 2. The number of rotatable bonds is 7. The Hall–Kier alpha value is -1.75. The van der Waals surface area contributed by atoms with Crippen molar-refractivity contribution in [1.29, 1.82) is 0 Å². The monoisotopic (exact) mass is 287 g/mol. The summed E-state index contributed by atoms with van der Waals surface area (Å²) >= 11 is 1.69. The van der Waals surface area contributed by atoms with Gasteiger partial charge in [-0.1, -0.05) is 30.3 Å². The predicted molar refractivity (Wildman–Crippen MR) is 80.8 cm³/mol. The van der Waals surface area contributed by atoms with E-state index in [1.807, 2.05) is 47.4 Å². The fraction of sp³-hybridized carbons (Fsp3) is 0.333. The molecular formula is C15H17N3OS. The van der Waals surface area contributed by atoms with E-state index in [0.717, 1.165) is 35.0 Å². The Kier molecular flexibility index (Phi) is 4.38. The van der Waals surface area contributed by atoms with E-state index in [4.69, 9.17) is 4.42 Å². The van der Waals surface area contributed by atoms with Gasteiger partial charge in [0.2, 0.25) is 0 Å². The number of oxazole rings is 1. The van der Waals surface area contributed by atoms with E-state index in [0.29, 0.717) is 0 Å². The normalized spacial score (nSPS) is 11.2. The minimum atomic E-state index is 0.776. The first kappa shape index (κ1) is 13.2. The number of para-hydroxylation sites is 2. The standard InChI is InChI=1S/C15H17N3OS/c1(4-10-18-11-6-9-16-18)5-12-20-15-17-13-7-2-3-8-14(13)19-15/h2-3,6-9,11H,1,4-5,10,12H2. The summed E-state index contributed by atoms with van der Waals surface area (Å²) in [6, 6.07) is 9.85. The minimum Gasteiger partial charge on any atom is -0.431 e. The molecule has 4 nitrogen and oxygen atoms in total. The average Bonchev–Trinajstić information content (AvgIpc) is 3.11. The Morgan fingerprint density at radius 1 is 1.10 bits per heavy atom. The SMILES string of the molecule is c1ccc2oc(SCCCCCn3cccn3)nc2c1. The summed E-state index contributed by atoms with van der Waals surface area (Å²) in [6.07, 6.45) is 7.36. The van der Waals surface area contributed by atoms with Gasteiger partial charge in [0.05, 0.1) is 0 Å². The van der Waals surface area contributed by atoms with Crippen LogP contribution in [-0.2, 0) is 6.54 Å². The van der Waals surface area contributed by atoms with Gasteiger partial charge in [0.1, 0.15) is 5.52 Å². The second-order valence-corrected chi connectivity index (χ2v) is 5.67. The van der Waals surface area contributed by atoms with E-state index in [2.05, 4.69) is 10.1 Å². The maximum atomic E-state index is 5.67. The third-order valence-electron chi connectivity index (χ3n) is 3.09. The van der Waals surface area contributed by atoms with Crippen LogP contribution >= 0.6 is 11.8 Å². The molecule has 0 aliphatic heterocycles. The first-order chi connectivity index (χ1) is 9.92. The molecular weight excluding hydrogens is 270 g/mol. The van der Waals surface area contributed by atoms with Gasteiger partial charge in [0.15, 0.2) is 5.58 Å². The van der Waals surface area contributed by atoms with E-state index in [1.54, 1.807) is 11.8 Å². The molecule has 0 atom stereocenters. The van der Waals surface area contributed by atoms with Crippen molar-refractivity contribution >= 4 is 22.9 Å². The van der Waals surface area contributed by atoms with Gasteiger partial charge in [-0.05, 0) is 31.0 Å². The van der Waals surface area contributed by atoms with E-state index in [-0.39, 0.29) is 0 Å². The van der Waals surface area contributed by atoms with Crippen LogP contribution < -0.4 is 0 Å². The highest BCUT2D eigenvalue weighted by atomic mass is 32.2. The number of aryl methyl sites for hydroxylation is 1. The molecule has 20 heavy (non-hydrogen) atoms. The quantitative estimate of drug-likeness (QED) is 0.487. The molecule has 0 radical (unpaired) electrons. The van der Waals surface area contributed by atoms with Crippen molar-refractivity contribution in [3.05, 3.63) is 42.7 Å². The second kappa shape index (κ2) is 6.61. The van der Waals surface area contributed by atoms with Gasteiger partial charge < -0.3 is 4.42 Å². The molecule has 2 aromatic heterocycles. The van der Waals surface area contributed by atoms with Crippen LogP contribution in [0, 0.1) is 0 Å². The van der Waals surface area contributed by atoms with E-state index in [9.17, 15) is 0 Å². The van der Waals surface area contributed by atoms with E-state index < -0.39 is 0 Å². The summed E-state index contributed by atoms with van der Waals surface area (Å²) in [5.41, 5.74) is 1.81. The molecule has 0 amide bonds. The molecule has 0 saturated heterocycles. The Labute approximate surface area is 122 Å². The molecule has 0 saturated carbocycles. The molecule has 0 aliphatic rings. The highest BCUT2D eigenvalue weighted by molar-refractivity contribution is 7.99. The number of hydrogen-bond acceptors (Lipinski definition) is 4.